The van der Waals surface area contributed by atoms with Crippen molar-refractivity contribution in [3.8, 4) is 0 Å². The number of sulfonamides is 1. The minimum atomic E-state index is -3.58. The summed E-state index contributed by atoms with van der Waals surface area (Å²) in [6.07, 6.45) is 1.94. The molecule has 1 amide bonds. The molecule has 5 nitrogen and oxygen atoms in total. The third-order valence-electron chi connectivity index (χ3n) is 3.45. The van der Waals surface area contributed by atoms with Gasteiger partial charge in [-0.15, -0.1) is 0 Å². The molecule has 1 N–H and O–H groups in total. The molecule has 0 aliphatic rings. The van der Waals surface area contributed by atoms with Gasteiger partial charge in [0.25, 0.3) is 0 Å². The maximum Gasteiger partial charge on any atom is 0.245 e. The van der Waals surface area contributed by atoms with Gasteiger partial charge in [-0.1, -0.05) is 30.7 Å². The molecule has 0 saturated carbocycles. The molecule has 0 aliphatic carbocycles. The van der Waals surface area contributed by atoms with E-state index in [0.717, 1.165) is 22.5 Å². The molecule has 0 spiro atoms. The molecule has 0 heterocycles. The van der Waals surface area contributed by atoms with Crippen molar-refractivity contribution < 1.29 is 13.2 Å². The van der Waals surface area contributed by atoms with Gasteiger partial charge in [0.05, 0.1) is 11.9 Å². The van der Waals surface area contributed by atoms with Crippen LogP contribution >= 0.6 is 11.6 Å². The number of amides is 1. The number of hydrogen-bond acceptors (Lipinski definition) is 3. The van der Waals surface area contributed by atoms with Gasteiger partial charge in [-0.2, -0.15) is 0 Å². The van der Waals surface area contributed by atoms with Crippen LogP contribution in [0.1, 0.15) is 12.5 Å². The second-order valence-corrected chi connectivity index (χ2v) is 7.69. The maximum absolute atomic E-state index is 12.2. The van der Waals surface area contributed by atoms with Crippen LogP contribution < -0.4 is 9.62 Å². The van der Waals surface area contributed by atoms with E-state index in [1.54, 1.807) is 36.4 Å². The summed E-state index contributed by atoms with van der Waals surface area (Å²) in [5, 5.41) is 3.22. The Morgan fingerprint density at radius 2 is 1.67 bits per heavy atom. The van der Waals surface area contributed by atoms with Gasteiger partial charge in [0, 0.05) is 10.7 Å². The summed E-state index contributed by atoms with van der Waals surface area (Å²) in [6, 6.07) is 13.7. The van der Waals surface area contributed by atoms with Crippen molar-refractivity contribution in [1.82, 2.24) is 0 Å². The first kappa shape index (κ1) is 18.3. The summed E-state index contributed by atoms with van der Waals surface area (Å²) in [6.45, 7) is 1.72. The van der Waals surface area contributed by atoms with Crippen molar-refractivity contribution in [2.75, 3.05) is 22.4 Å². The SMILES string of the molecule is CCc1ccc(N(CC(=O)Nc2ccc(Cl)cc2)S(C)(=O)=O)cc1. The highest BCUT2D eigenvalue weighted by Crippen LogP contribution is 2.19. The highest BCUT2D eigenvalue weighted by Gasteiger charge is 2.20. The first-order chi connectivity index (χ1) is 11.3. The zero-order valence-corrected chi connectivity index (χ0v) is 15.1. The van der Waals surface area contributed by atoms with Crippen LogP contribution in [0.3, 0.4) is 0 Å². The molecule has 24 heavy (non-hydrogen) atoms. The first-order valence-electron chi connectivity index (χ1n) is 7.41. The fourth-order valence-corrected chi connectivity index (χ4v) is 3.14. The predicted molar refractivity (Wildman–Crippen MR) is 98.1 cm³/mol. The van der Waals surface area contributed by atoms with Gasteiger partial charge in [0.1, 0.15) is 6.54 Å². The summed E-state index contributed by atoms with van der Waals surface area (Å²) < 4.78 is 25.2. The Morgan fingerprint density at radius 3 is 2.17 bits per heavy atom. The van der Waals surface area contributed by atoms with E-state index >= 15 is 0 Å². The van der Waals surface area contributed by atoms with E-state index in [2.05, 4.69) is 5.32 Å². The van der Waals surface area contributed by atoms with Crippen molar-refractivity contribution in [3.05, 3.63) is 59.1 Å². The van der Waals surface area contributed by atoms with E-state index in [0.29, 0.717) is 16.4 Å². The van der Waals surface area contributed by atoms with E-state index in [-0.39, 0.29) is 6.54 Å². The summed E-state index contributed by atoms with van der Waals surface area (Å²) in [4.78, 5) is 12.2. The fourth-order valence-electron chi connectivity index (χ4n) is 2.16. The first-order valence-corrected chi connectivity index (χ1v) is 9.64. The van der Waals surface area contributed by atoms with E-state index in [1.165, 1.54) is 0 Å². The minimum absolute atomic E-state index is 0.299. The number of carbonyl (C=O) groups is 1. The highest BCUT2D eigenvalue weighted by molar-refractivity contribution is 7.92. The molecule has 0 radical (unpaired) electrons. The van der Waals surface area contributed by atoms with Gasteiger partial charge in [-0.25, -0.2) is 8.42 Å². The molecular weight excluding hydrogens is 348 g/mol. The Bertz CT molecular complexity index is 803. The summed E-state index contributed by atoms with van der Waals surface area (Å²) in [7, 11) is -3.58. The van der Waals surface area contributed by atoms with Crippen molar-refractivity contribution in [1.29, 1.82) is 0 Å². The average Bonchev–Trinajstić information content (AvgIpc) is 2.54. The summed E-state index contributed by atoms with van der Waals surface area (Å²) in [5.74, 6) is -0.428. The molecule has 0 unspecified atom stereocenters. The molecule has 2 rings (SSSR count). The van der Waals surface area contributed by atoms with Crippen molar-refractivity contribution in [2.45, 2.75) is 13.3 Å². The lowest BCUT2D eigenvalue weighted by Gasteiger charge is -2.22. The quantitative estimate of drug-likeness (QED) is 0.852. The Kier molecular flexibility index (Phi) is 5.85. The summed E-state index contributed by atoms with van der Waals surface area (Å²) >= 11 is 5.80. The molecule has 0 saturated heterocycles. The van der Waals surface area contributed by atoms with Gasteiger partial charge in [0.2, 0.25) is 15.9 Å². The standard InChI is InChI=1S/C17H19ClN2O3S/c1-3-13-4-10-16(11-5-13)20(24(2,22)23)12-17(21)19-15-8-6-14(18)7-9-15/h4-11H,3,12H2,1-2H3,(H,19,21). The van der Waals surface area contributed by atoms with Crippen LogP contribution in [0.4, 0.5) is 11.4 Å². The third kappa shape index (κ3) is 4.97. The number of rotatable bonds is 6. The topological polar surface area (TPSA) is 66.5 Å². The molecule has 0 atom stereocenters. The van der Waals surface area contributed by atoms with Gasteiger partial charge in [-0.05, 0) is 48.4 Å². The second-order valence-electron chi connectivity index (χ2n) is 5.34. The molecule has 0 aromatic heterocycles. The van der Waals surface area contributed by atoms with Crippen LogP contribution in [0.15, 0.2) is 48.5 Å². The predicted octanol–water partition coefficient (Wildman–Crippen LogP) is 3.31. The molecule has 2 aromatic carbocycles. The average molecular weight is 367 g/mol. The zero-order chi connectivity index (χ0) is 17.7. The van der Waals surface area contributed by atoms with E-state index in [9.17, 15) is 13.2 Å². The Labute approximate surface area is 147 Å². The Hall–Kier alpha value is -2.05. The molecule has 0 bridgehead atoms. The normalized spacial score (nSPS) is 11.1. The van der Waals surface area contributed by atoms with Crippen LogP contribution in [-0.4, -0.2) is 27.1 Å². The number of carbonyl (C=O) groups excluding carboxylic acids is 1. The summed E-state index contributed by atoms with van der Waals surface area (Å²) in [5.41, 5.74) is 2.11. The highest BCUT2D eigenvalue weighted by atomic mass is 35.5. The Morgan fingerprint density at radius 1 is 1.08 bits per heavy atom. The van der Waals surface area contributed by atoms with Crippen LogP contribution in [-0.2, 0) is 21.2 Å². The number of aryl methyl sites for hydroxylation is 1. The second kappa shape index (κ2) is 7.68. The van der Waals surface area contributed by atoms with Crippen LogP contribution in [0, 0.1) is 0 Å². The Balaban J connectivity index is 2.16. The van der Waals surface area contributed by atoms with Crippen molar-refractivity contribution >= 4 is 38.9 Å². The maximum atomic E-state index is 12.2. The lowest BCUT2D eigenvalue weighted by molar-refractivity contribution is -0.114. The number of halogens is 1. The molecule has 0 fully saturated rings. The largest absolute Gasteiger partial charge is 0.325 e. The van der Waals surface area contributed by atoms with Crippen LogP contribution in [0.5, 0.6) is 0 Å². The van der Waals surface area contributed by atoms with Crippen LogP contribution in [0.25, 0.3) is 0 Å². The lowest BCUT2D eigenvalue weighted by Crippen LogP contribution is -2.37. The monoisotopic (exact) mass is 366 g/mol. The number of nitrogens with zero attached hydrogens (tertiary/aromatic N) is 1. The van der Waals surface area contributed by atoms with Crippen molar-refractivity contribution in [2.24, 2.45) is 0 Å². The molecule has 2 aromatic rings. The van der Waals surface area contributed by atoms with Gasteiger partial charge in [-0.3, -0.25) is 9.10 Å². The van der Waals surface area contributed by atoms with Gasteiger partial charge < -0.3 is 5.32 Å². The number of hydrogen-bond donors (Lipinski definition) is 1. The van der Waals surface area contributed by atoms with E-state index in [1.807, 2.05) is 19.1 Å². The molecule has 0 aliphatic heterocycles. The van der Waals surface area contributed by atoms with E-state index in [4.69, 9.17) is 11.6 Å². The van der Waals surface area contributed by atoms with E-state index < -0.39 is 15.9 Å². The molecular formula is C17H19ClN2O3S. The fraction of sp³-hybridized carbons (Fsp3) is 0.235. The van der Waals surface area contributed by atoms with Gasteiger partial charge in [0.15, 0.2) is 0 Å². The zero-order valence-electron chi connectivity index (χ0n) is 13.5. The smallest absolute Gasteiger partial charge is 0.245 e. The number of benzene rings is 2. The van der Waals surface area contributed by atoms with Crippen LogP contribution in [0.2, 0.25) is 5.02 Å². The minimum Gasteiger partial charge on any atom is -0.325 e. The molecule has 7 heteroatoms. The van der Waals surface area contributed by atoms with Gasteiger partial charge >= 0.3 is 0 Å². The lowest BCUT2D eigenvalue weighted by atomic mass is 10.1. The number of anilines is 2. The number of nitrogens with one attached hydrogen (secondary N) is 1. The third-order valence-corrected chi connectivity index (χ3v) is 4.84. The molecule has 128 valence electrons. The van der Waals surface area contributed by atoms with Crippen molar-refractivity contribution in [3.63, 3.8) is 0 Å².